The van der Waals surface area contributed by atoms with Crippen molar-refractivity contribution in [2.45, 2.75) is 53.5 Å². The zero-order valence-electron chi connectivity index (χ0n) is 18.6. The summed E-state index contributed by atoms with van der Waals surface area (Å²) < 4.78 is 1.31. The van der Waals surface area contributed by atoms with E-state index in [1.165, 1.54) is 26.8 Å². The first kappa shape index (κ1) is 24.6. The number of benzene rings is 1. The van der Waals surface area contributed by atoms with E-state index in [0.717, 1.165) is 12.8 Å². The van der Waals surface area contributed by atoms with Gasteiger partial charge in [0, 0.05) is 27.2 Å². The van der Waals surface area contributed by atoms with Gasteiger partial charge in [-0.15, -0.1) is 17.9 Å². The van der Waals surface area contributed by atoms with Gasteiger partial charge in [-0.05, 0) is 43.9 Å². The van der Waals surface area contributed by atoms with E-state index < -0.39 is 0 Å². The van der Waals surface area contributed by atoms with Crippen LogP contribution < -0.4 is 0 Å². The molecule has 1 nitrogen and oxygen atoms in total. The van der Waals surface area contributed by atoms with Crippen molar-refractivity contribution < 1.29 is 0 Å². The number of nitrogens with zero attached hydrogens (tertiary/aromatic N) is 1. The smallest absolute Gasteiger partial charge is 0.0956 e. The highest BCUT2D eigenvalue weighted by Crippen LogP contribution is 2.25. The molecule has 0 N–H and O–H groups in total. The van der Waals surface area contributed by atoms with Crippen molar-refractivity contribution in [3.8, 4) is 0 Å². The summed E-state index contributed by atoms with van der Waals surface area (Å²) in [5, 5.41) is 3.47. The Morgan fingerprint density at radius 2 is 1.97 bits per heavy atom. The largest absolute Gasteiger partial charge is 0.280 e. The highest BCUT2D eigenvalue weighted by atomic mass is 32.1. The van der Waals surface area contributed by atoms with Crippen LogP contribution in [0.25, 0.3) is 10.1 Å². The number of fused-ring (bicyclic) bond motifs is 1. The molecule has 1 unspecified atom stereocenters. The zero-order chi connectivity index (χ0) is 21.5. The molecule has 1 heterocycles. The molecule has 1 aromatic carbocycles. The SMILES string of the molecule is C/C=C(\C)C(N=Cc1csc2ccccc12)C1=CC=CCC=C1.C=CCC.CC. The predicted molar refractivity (Wildman–Crippen MR) is 135 cm³/mol. The third kappa shape index (κ3) is 7.83. The number of rotatable bonds is 5. The Kier molecular flexibility index (Phi) is 12.3. The Morgan fingerprint density at radius 1 is 1.24 bits per heavy atom. The number of thiophene rings is 1. The average molecular weight is 406 g/mol. The Hall–Kier alpha value is -2.45. The highest BCUT2D eigenvalue weighted by molar-refractivity contribution is 7.17. The maximum Gasteiger partial charge on any atom is 0.0956 e. The fourth-order valence-electron chi connectivity index (χ4n) is 2.66. The topological polar surface area (TPSA) is 12.4 Å². The maximum atomic E-state index is 4.91. The maximum absolute atomic E-state index is 4.91. The molecule has 2 aromatic rings. The van der Waals surface area contributed by atoms with Crippen LogP contribution in [0.15, 0.2) is 94.9 Å². The minimum Gasteiger partial charge on any atom is -0.280 e. The van der Waals surface area contributed by atoms with Gasteiger partial charge in [-0.1, -0.05) is 81.5 Å². The second-order valence-electron chi connectivity index (χ2n) is 6.33. The van der Waals surface area contributed by atoms with Crippen LogP contribution in [-0.4, -0.2) is 12.3 Å². The van der Waals surface area contributed by atoms with Crippen molar-refractivity contribution in [1.82, 2.24) is 0 Å². The van der Waals surface area contributed by atoms with Gasteiger partial charge in [-0.2, -0.15) is 0 Å². The Balaban J connectivity index is 0.000000627. The van der Waals surface area contributed by atoms with Gasteiger partial charge in [0.15, 0.2) is 0 Å². The number of hydrogen-bond donors (Lipinski definition) is 0. The first-order valence-corrected chi connectivity index (χ1v) is 11.4. The van der Waals surface area contributed by atoms with Crippen LogP contribution in [0.3, 0.4) is 0 Å². The lowest BCUT2D eigenvalue weighted by Crippen LogP contribution is -2.09. The molecule has 0 aliphatic heterocycles. The number of hydrogen-bond acceptors (Lipinski definition) is 2. The van der Waals surface area contributed by atoms with Crippen molar-refractivity contribution in [3.05, 3.63) is 95.5 Å². The van der Waals surface area contributed by atoms with Crippen LogP contribution in [0.5, 0.6) is 0 Å². The molecule has 2 heteroatoms. The van der Waals surface area contributed by atoms with Gasteiger partial charge in [0.25, 0.3) is 0 Å². The molecule has 0 fully saturated rings. The van der Waals surface area contributed by atoms with Crippen LogP contribution in [0, 0.1) is 0 Å². The fraction of sp³-hybridized carbons (Fsp3) is 0.296. The first-order chi connectivity index (χ1) is 14.2. The normalized spacial score (nSPS) is 14.4. The summed E-state index contributed by atoms with van der Waals surface area (Å²) in [5.74, 6) is 0. The molecule has 0 bridgehead atoms. The van der Waals surface area contributed by atoms with Crippen molar-refractivity contribution in [3.63, 3.8) is 0 Å². The van der Waals surface area contributed by atoms with Gasteiger partial charge < -0.3 is 0 Å². The molecule has 1 aliphatic carbocycles. The quantitative estimate of drug-likeness (QED) is 0.348. The van der Waals surface area contributed by atoms with E-state index in [0.29, 0.717) is 0 Å². The van der Waals surface area contributed by atoms with E-state index >= 15 is 0 Å². The van der Waals surface area contributed by atoms with Crippen LogP contribution >= 0.6 is 11.3 Å². The average Bonchev–Trinajstić information content (AvgIpc) is 3.00. The summed E-state index contributed by atoms with van der Waals surface area (Å²) in [5.41, 5.74) is 3.71. The predicted octanol–water partition coefficient (Wildman–Crippen LogP) is 8.71. The Bertz CT molecular complexity index is 890. The standard InChI is InChI=1S/C21H21NS.C4H8.C2H6/c1-3-16(2)21(17-10-6-4-5-7-11-17)22-14-18-15-23-20-13-9-8-12-19(18)20;1-3-4-2;1-2/h3-4,6-15,21H,5H2,1-2H3;3H,1,4H2,2H3;1-2H3/b16-3+,22-14?;;. The molecule has 3 rings (SSSR count). The van der Waals surface area contributed by atoms with Crippen LogP contribution in [0.4, 0.5) is 0 Å². The minimum absolute atomic E-state index is 0.0812. The summed E-state index contributed by atoms with van der Waals surface area (Å²) in [7, 11) is 0. The van der Waals surface area contributed by atoms with Crippen LogP contribution in [-0.2, 0) is 0 Å². The number of aliphatic imine (C=N–C) groups is 1. The van der Waals surface area contributed by atoms with E-state index in [-0.39, 0.29) is 6.04 Å². The summed E-state index contributed by atoms with van der Waals surface area (Å²) in [6, 6.07) is 8.58. The lowest BCUT2D eigenvalue weighted by Gasteiger charge is -2.14. The Morgan fingerprint density at radius 3 is 2.66 bits per heavy atom. The summed E-state index contributed by atoms with van der Waals surface area (Å²) in [6.07, 6.45) is 19.0. The lowest BCUT2D eigenvalue weighted by molar-refractivity contribution is 0.912. The second kappa shape index (κ2) is 14.5. The van der Waals surface area contributed by atoms with Gasteiger partial charge in [-0.25, -0.2) is 0 Å². The van der Waals surface area contributed by atoms with Gasteiger partial charge in [0.05, 0.1) is 6.04 Å². The van der Waals surface area contributed by atoms with Crippen LogP contribution in [0.2, 0.25) is 0 Å². The zero-order valence-corrected chi connectivity index (χ0v) is 19.4. The van der Waals surface area contributed by atoms with Crippen molar-refractivity contribution in [2.24, 2.45) is 4.99 Å². The van der Waals surface area contributed by atoms with Gasteiger partial charge >= 0.3 is 0 Å². The van der Waals surface area contributed by atoms with E-state index in [1.54, 1.807) is 11.3 Å². The molecule has 29 heavy (non-hydrogen) atoms. The molecule has 0 radical (unpaired) electrons. The molecular weight excluding hydrogens is 370 g/mol. The third-order valence-corrected chi connectivity index (χ3v) is 5.35. The van der Waals surface area contributed by atoms with E-state index in [1.807, 2.05) is 26.1 Å². The van der Waals surface area contributed by atoms with E-state index in [9.17, 15) is 0 Å². The van der Waals surface area contributed by atoms with Crippen LogP contribution in [0.1, 0.15) is 53.0 Å². The molecule has 0 amide bonds. The number of allylic oxidation sites excluding steroid dienone is 6. The van der Waals surface area contributed by atoms with Crippen molar-refractivity contribution >= 4 is 27.6 Å². The summed E-state index contributed by atoms with van der Waals surface area (Å²) in [6.45, 7) is 13.8. The molecule has 1 aromatic heterocycles. The van der Waals surface area contributed by atoms with Gasteiger partial charge in [0.2, 0.25) is 0 Å². The lowest BCUT2D eigenvalue weighted by atomic mass is 9.99. The van der Waals surface area contributed by atoms with Crippen molar-refractivity contribution in [2.75, 3.05) is 0 Å². The van der Waals surface area contributed by atoms with Crippen molar-refractivity contribution in [1.29, 1.82) is 0 Å². The monoisotopic (exact) mass is 405 g/mol. The third-order valence-electron chi connectivity index (χ3n) is 4.37. The van der Waals surface area contributed by atoms with E-state index in [2.05, 4.69) is 93.5 Å². The molecule has 0 saturated heterocycles. The van der Waals surface area contributed by atoms with Gasteiger partial charge in [-0.3, -0.25) is 4.99 Å². The second-order valence-corrected chi connectivity index (χ2v) is 7.24. The molecule has 154 valence electrons. The molecule has 0 saturated carbocycles. The summed E-state index contributed by atoms with van der Waals surface area (Å²) >= 11 is 1.77. The summed E-state index contributed by atoms with van der Waals surface area (Å²) in [4.78, 5) is 4.91. The molecule has 1 aliphatic rings. The minimum atomic E-state index is 0.0812. The van der Waals surface area contributed by atoms with E-state index in [4.69, 9.17) is 4.99 Å². The Labute approximate surface area is 181 Å². The fourth-order valence-corrected chi connectivity index (χ4v) is 3.57. The van der Waals surface area contributed by atoms with Gasteiger partial charge in [0.1, 0.15) is 0 Å². The highest BCUT2D eigenvalue weighted by Gasteiger charge is 2.12. The molecule has 1 atom stereocenters. The molecular formula is C27H35NS. The molecule has 0 spiro atoms. The first-order valence-electron chi connectivity index (χ1n) is 10.5.